The molecule has 0 aliphatic carbocycles. The Balaban J connectivity index is 1.67. The summed E-state index contributed by atoms with van der Waals surface area (Å²) in [5, 5.41) is 0. The van der Waals surface area contributed by atoms with Crippen molar-refractivity contribution in [3.63, 3.8) is 0 Å². The van der Waals surface area contributed by atoms with Crippen LogP contribution in [0.1, 0.15) is 5.56 Å². The molecule has 0 bridgehead atoms. The van der Waals surface area contributed by atoms with E-state index in [1.807, 2.05) is 42.6 Å². The molecule has 0 unspecified atom stereocenters. The van der Waals surface area contributed by atoms with E-state index in [9.17, 15) is 0 Å². The zero-order chi connectivity index (χ0) is 12.9. The Morgan fingerprint density at radius 1 is 1.11 bits per heavy atom. The second-order valence-electron chi connectivity index (χ2n) is 4.13. The lowest BCUT2D eigenvalue weighted by molar-refractivity contribution is 0.306. The molecule has 2 aromatic heterocycles. The molecule has 0 atom stereocenters. The normalized spacial score (nSPS) is 10.3. The third kappa shape index (κ3) is 2.80. The van der Waals surface area contributed by atoms with Gasteiger partial charge in [0.1, 0.15) is 12.4 Å². The minimum Gasteiger partial charge on any atom is -0.489 e. The van der Waals surface area contributed by atoms with E-state index in [4.69, 9.17) is 4.74 Å². The zero-order valence-electron chi connectivity index (χ0n) is 10.3. The Morgan fingerprint density at radius 2 is 2.00 bits per heavy atom. The van der Waals surface area contributed by atoms with Crippen molar-refractivity contribution in [3.8, 4) is 17.0 Å². The number of imidazole rings is 1. The molecule has 3 rings (SSSR count). The summed E-state index contributed by atoms with van der Waals surface area (Å²) in [6.45, 7) is 0.523. The number of pyridine rings is 1. The zero-order valence-corrected chi connectivity index (χ0v) is 10.3. The van der Waals surface area contributed by atoms with Crippen molar-refractivity contribution in [1.82, 2.24) is 15.0 Å². The van der Waals surface area contributed by atoms with Crippen LogP contribution >= 0.6 is 0 Å². The third-order valence-electron chi connectivity index (χ3n) is 2.78. The van der Waals surface area contributed by atoms with Crippen molar-refractivity contribution in [2.24, 2.45) is 0 Å². The summed E-state index contributed by atoms with van der Waals surface area (Å²) in [5.41, 5.74) is 3.05. The molecule has 1 aromatic carbocycles. The Bertz CT molecular complexity index is 618. The second kappa shape index (κ2) is 5.35. The first-order valence-electron chi connectivity index (χ1n) is 6.03. The van der Waals surface area contributed by atoms with Crippen molar-refractivity contribution in [2.75, 3.05) is 0 Å². The van der Waals surface area contributed by atoms with E-state index in [0.717, 1.165) is 22.6 Å². The quantitative estimate of drug-likeness (QED) is 0.775. The van der Waals surface area contributed by atoms with E-state index in [1.165, 1.54) is 0 Å². The SMILES string of the molecule is c1cncc(COc2ccc(-c3c[nH]cn3)cc2)c1. The van der Waals surface area contributed by atoms with Gasteiger partial charge in [0.2, 0.25) is 0 Å². The monoisotopic (exact) mass is 251 g/mol. The molecule has 0 saturated carbocycles. The van der Waals surface area contributed by atoms with Gasteiger partial charge in [-0.15, -0.1) is 0 Å². The summed E-state index contributed by atoms with van der Waals surface area (Å²) in [6.07, 6.45) is 7.09. The van der Waals surface area contributed by atoms with E-state index in [-0.39, 0.29) is 0 Å². The van der Waals surface area contributed by atoms with Crippen molar-refractivity contribution < 1.29 is 4.74 Å². The number of aromatic nitrogens is 3. The Morgan fingerprint density at radius 3 is 2.68 bits per heavy atom. The van der Waals surface area contributed by atoms with Gasteiger partial charge in [0, 0.05) is 29.7 Å². The number of nitrogens with one attached hydrogen (secondary N) is 1. The van der Waals surface area contributed by atoms with Crippen molar-refractivity contribution >= 4 is 0 Å². The molecule has 0 spiro atoms. The number of H-pyrrole nitrogens is 1. The van der Waals surface area contributed by atoms with Gasteiger partial charge in [-0.3, -0.25) is 4.98 Å². The maximum absolute atomic E-state index is 5.70. The topological polar surface area (TPSA) is 50.8 Å². The predicted molar refractivity (Wildman–Crippen MR) is 72.6 cm³/mol. The van der Waals surface area contributed by atoms with E-state index < -0.39 is 0 Å². The first kappa shape index (κ1) is 11.5. The summed E-state index contributed by atoms with van der Waals surface area (Å²) < 4.78 is 5.70. The highest BCUT2D eigenvalue weighted by Crippen LogP contribution is 2.20. The summed E-state index contributed by atoms with van der Waals surface area (Å²) in [7, 11) is 0. The van der Waals surface area contributed by atoms with Gasteiger partial charge in [-0.05, 0) is 30.3 Å². The molecule has 3 aromatic rings. The fourth-order valence-corrected chi connectivity index (χ4v) is 1.79. The molecule has 4 heteroatoms. The summed E-state index contributed by atoms with van der Waals surface area (Å²) >= 11 is 0. The van der Waals surface area contributed by atoms with Gasteiger partial charge in [0.15, 0.2) is 0 Å². The van der Waals surface area contributed by atoms with Gasteiger partial charge in [-0.25, -0.2) is 4.98 Å². The minimum atomic E-state index is 0.523. The number of nitrogens with zero attached hydrogens (tertiary/aromatic N) is 2. The van der Waals surface area contributed by atoms with Gasteiger partial charge in [0.05, 0.1) is 12.0 Å². The van der Waals surface area contributed by atoms with Crippen LogP contribution in [0.15, 0.2) is 61.3 Å². The molecule has 94 valence electrons. The van der Waals surface area contributed by atoms with Crippen LogP contribution in [-0.4, -0.2) is 15.0 Å². The van der Waals surface area contributed by atoms with E-state index >= 15 is 0 Å². The van der Waals surface area contributed by atoms with Crippen LogP contribution in [0.25, 0.3) is 11.3 Å². The summed E-state index contributed by atoms with van der Waals surface area (Å²) in [4.78, 5) is 11.2. The highest BCUT2D eigenvalue weighted by molar-refractivity contribution is 5.58. The molecular formula is C15H13N3O. The largest absolute Gasteiger partial charge is 0.489 e. The van der Waals surface area contributed by atoms with E-state index in [2.05, 4.69) is 15.0 Å². The molecule has 2 heterocycles. The Hall–Kier alpha value is -2.62. The number of aromatic amines is 1. The van der Waals surface area contributed by atoms with Crippen LogP contribution in [0.2, 0.25) is 0 Å². The molecule has 19 heavy (non-hydrogen) atoms. The lowest BCUT2D eigenvalue weighted by Gasteiger charge is -2.06. The molecule has 0 amide bonds. The molecule has 0 saturated heterocycles. The van der Waals surface area contributed by atoms with Gasteiger partial charge in [0.25, 0.3) is 0 Å². The number of rotatable bonds is 4. The minimum absolute atomic E-state index is 0.523. The van der Waals surface area contributed by atoms with Gasteiger partial charge in [-0.2, -0.15) is 0 Å². The average Bonchev–Trinajstić information content (AvgIpc) is 3.01. The van der Waals surface area contributed by atoms with Crippen LogP contribution in [0.4, 0.5) is 0 Å². The molecule has 0 radical (unpaired) electrons. The van der Waals surface area contributed by atoms with Crippen LogP contribution < -0.4 is 4.74 Å². The molecule has 0 aliphatic rings. The number of hydrogen-bond donors (Lipinski definition) is 1. The van der Waals surface area contributed by atoms with Gasteiger partial charge < -0.3 is 9.72 Å². The highest BCUT2D eigenvalue weighted by atomic mass is 16.5. The van der Waals surface area contributed by atoms with Crippen LogP contribution in [0.3, 0.4) is 0 Å². The summed E-state index contributed by atoms with van der Waals surface area (Å²) in [5.74, 6) is 0.836. The lowest BCUT2D eigenvalue weighted by Crippen LogP contribution is -1.95. The maximum Gasteiger partial charge on any atom is 0.119 e. The number of ether oxygens (including phenoxy) is 1. The number of hydrogen-bond acceptors (Lipinski definition) is 3. The van der Waals surface area contributed by atoms with Crippen molar-refractivity contribution in [1.29, 1.82) is 0 Å². The predicted octanol–water partition coefficient (Wildman–Crippen LogP) is 3.05. The van der Waals surface area contributed by atoms with Gasteiger partial charge >= 0.3 is 0 Å². The fourth-order valence-electron chi connectivity index (χ4n) is 1.79. The second-order valence-corrected chi connectivity index (χ2v) is 4.13. The van der Waals surface area contributed by atoms with Crippen LogP contribution in [0, 0.1) is 0 Å². The van der Waals surface area contributed by atoms with Crippen molar-refractivity contribution in [2.45, 2.75) is 6.61 Å². The van der Waals surface area contributed by atoms with E-state index in [0.29, 0.717) is 6.61 Å². The molecule has 4 nitrogen and oxygen atoms in total. The Kier molecular flexibility index (Phi) is 3.23. The lowest BCUT2D eigenvalue weighted by atomic mass is 10.2. The summed E-state index contributed by atoms with van der Waals surface area (Å²) in [6, 6.07) is 11.8. The average molecular weight is 251 g/mol. The molecule has 0 aliphatic heterocycles. The first-order valence-corrected chi connectivity index (χ1v) is 6.03. The maximum atomic E-state index is 5.70. The highest BCUT2D eigenvalue weighted by Gasteiger charge is 2.00. The van der Waals surface area contributed by atoms with Crippen molar-refractivity contribution in [3.05, 3.63) is 66.9 Å². The molecule has 1 N–H and O–H groups in total. The standard InChI is InChI=1S/C15H13N3O/c1-2-12(8-16-7-1)10-19-14-5-3-13(4-6-14)15-9-17-11-18-15/h1-9,11H,10H2,(H,17,18). The van der Waals surface area contributed by atoms with Crippen LogP contribution in [0.5, 0.6) is 5.75 Å². The molecular weight excluding hydrogens is 238 g/mol. The van der Waals surface area contributed by atoms with Crippen LogP contribution in [-0.2, 0) is 6.61 Å². The molecule has 0 fully saturated rings. The third-order valence-corrected chi connectivity index (χ3v) is 2.78. The first-order chi connectivity index (χ1) is 9.42. The van der Waals surface area contributed by atoms with E-state index in [1.54, 1.807) is 18.7 Å². The number of benzene rings is 1. The smallest absolute Gasteiger partial charge is 0.119 e. The Labute approximate surface area is 111 Å². The fraction of sp³-hybridized carbons (Fsp3) is 0.0667. The van der Waals surface area contributed by atoms with Gasteiger partial charge in [-0.1, -0.05) is 6.07 Å².